The quantitative estimate of drug-likeness (QED) is 0.822. The lowest BCUT2D eigenvalue weighted by Gasteiger charge is -2.24. The third kappa shape index (κ3) is 3.03. The fraction of sp³-hybridized carbons (Fsp3) is 0.615. The van der Waals surface area contributed by atoms with Crippen LogP contribution in [0.5, 0.6) is 0 Å². The molecule has 0 bridgehead atoms. The molecule has 1 unspecified atom stereocenters. The van der Waals surface area contributed by atoms with E-state index in [2.05, 4.69) is 4.98 Å². The van der Waals surface area contributed by atoms with Gasteiger partial charge in [0, 0.05) is 12.4 Å². The second-order valence-electron chi connectivity index (χ2n) is 4.54. The Morgan fingerprint density at radius 2 is 1.87 bits per heavy atom. The van der Waals surface area contributed by atoms with E-state index in [4.69, 9.17) is 0 Å². The molecule has 2 nitrogen and oxygen atoms in total. The van der Waals surface area contributed by atoms with E-state index in [9.17, 15) is 5.11 Å². The van der Waals surface area contributed by atoms with Crippen molar-refractivity contribution in [2.75, 3.05) is 0 Å². The van der Waals surface area contributed by atoms with Gasteiger partial charge >= 0.3 is 0 Å². The summed E-state index contributed by atoms with van der Waals surface area (Å²) < 4.78 is 0. The minimum absolute atomic E-state index is 0.295. The second kappa shape index (κ2) is 5.26. The van der Waals surface area contributed by atoms with E-state index in [1.807, 2.05) is 12.1 Å². The molecule has 0 amide bonds. The van der Waals surface area contributed by atoms with Gasteiger partial charge < -0.3 is 5.11 Å². The normalized spacial score (nSPS) is 20.1. The number of aliphatic hydroxyl groups excluding tert-OH is 1. The van der Waals surface area contributed by atoms with Crippen molar-refractivity contribution in [2.24, 2.45) is 5.92 Å². The Hall–Kier alpha value is -0.890. The fourth-order valence-electron chi connectivity index (χ4n) is 2.46. The van der Waals surface area contributed by atoms with Crippen LogP contribution in [0.4, 0.5) is 0 Å². The molecule has 1 aromatic heterocycles. The van der Waals surface area contributed by atoms with Gasteiger partial charge in [0.2, 0.25) is 0 Å². The number of hydrogen-bond acceptors (Lipinski definition) is 2. The van der Waals surface area contributed by atoms with E-state index in [-0.39, 0.29) is 6.10 Å². The topological polar surface area (TPSA) is 33.1 Å². The molecule has 2 rings (SSSR count). The number of nitrogens with zero attached hydrogens (tertiary/aromatic N) is 1. The second-order valence-corrected chi connectivity index (χ2v) is 4.54. The molecule has 1 fully saturated rings. The molecule has 15 heavy (non-hydrogen) atoms. The molecule has 1 N–H and O–H groups in total. The molecule has 0 saturated heterocycles. The van der Waals surface area contributed by atoms with E-state index < -0.39 is 0 Å². The van der Waals surface area contributed by atoms with Crippen molar-refractivity contribution in [2.45, 2.75) is 44.6 Å². The van der Waals surface area contributed by atoms with Crippen molar-refractivity contribution in [3.8, 4) is 0 Å². The van der Waals surface area contributed by atoms with Crippen LogP contribution >= 0.6 is 0 Å². The van der Waals surface area contributed by atoms with Crippen LogP contribution in [0.2, 0.25) is 0 Å². The van der Waals surface area contributed by atoms with Gasteiger partial charge in [-0.25, -0.2) is 0 Å². The summed E-state index contributed by atoms with van der Waals surface area (Å²) in [5, 5.41) is 10.0. The highest BCUT2D eigenvalue weighted by Crippen LogP contribution is 2.31. The number of pyridine rings is 1. The molecule has 1 atom stereocenters. The summed E-state index contributed by atoms with van der Waals surface area (Å²) in [5.74, 6) is 0.724. The molecular formula is C13H19NO. The number of aromatic nitrogens is 1. The summed E-state index contributed by atoms with van der Waals surface area (Å²) in [7, 11) is 0. The lowest BCUT2D eigenvalue weighted by molar-refractivity contribution is 0.131. The fourth-order valence-corrected chi connectivity index (χ4v) is 2.46. The Morgan fingerprint density at radius 3 is 2.53 bits per heavy atom. The summed E-state index contributed by atoms with van der Waals surface area (Å²) in [6.45, 7) is 0. The van der Waals surface area contributed by atoms with E-state index in [1.165, 1.54) is 32.1 Å². The maximum Gasteiger partial charge on any atom is 0.0793 e. The lowest BCUT2D eigenvalue weighted by atomic mass is 9.84. The third-order valence-electron chi connectivity index (χ3n) is 3.37. The lowest BCUT2D eigenvalue weighted by Crippen LogP contribution is -2.11. The van der Waals surface area contributed by atoms with Crippen LogP contribution in [-0.2, 0) is 0 Å². The highest BCUT2D eigenvalue weighted by Gasteiger charge is 2.18. The molecule has 1 aliphatic carbocycles. The van der Waals surface area contributed by atoms with E-state index in [0.717, 1.165) is 17.9 Å². The Kier molecular flexibility index (Phi) is 3.73. The molecule has 0 radical (unpaired) electrons. The van der Waals surface area contributed by atoms with Crippen LogP contribution in [0.1, 0.15) is 50.2 Å². The van der Waals surface area contributed by atoms with Crippen LogP contribution in [0.25, 0.3) is 0 Å². The monoisotopic (exact) mass is 205 g/mol. The van der Waals surface area contributed by atoms with Gasteiger partial charge in [-0.15, -0.1) is 0 Å². The average Bonchev–Trinajstić information content (AvgIpc) is 2.31. The highest BCUT2D eigenvalue weighted by atomic mass is 16.3. The number of hydrogen-bond donors (Lipinski definition) is 1. The Labute approximate surface area is 91.4 Å². The zero-order valence-corrected chi connectivity index (χ0v) is 9.10. The minimum atomic E-state index is -0.295. The van der Waals surface area contributed by atoms with Gasteiger partial charge in [0.05, 0.1) is 6.10 Å². The molecule has 0 aliphatic heterocycles. The molecule has 0 spiro atoms. The van der Waals surface area contributed by atoms with Crippen molar-refractivity contribution < 1.29 is 5.11 Å². The number of aliphatic hydroxyl groups is 1. The summed E-state index contributed by atoms with van der Waals surface area (Å²) >= 11 is 0. The van der Waals surface area contributed by atoms with Gasteiger partial charge in [-0.2, -0.15) is 0 Å². The molecule has 0 aromatic carbocycles. The Bertz CT molecular complexity index is 280. The van der Waals surface area contributed by atoms with Crippen LogP contribution in [0.3, 0.4) is 0 Å². The van der Waals surface area contributed by atoms with Gasteiger partial charge in [0.15, 0.2) is 0 Å². The Balaban J connectivity index is 1.88. The van der Waals surface area contributed by atoms with Crippen LogP contribution in [0, 0.1) is 5.92 Å². The van der Waals surface area contributed by atoms with Gasteiger partial charge in [0.1, 0.15) is 0 Å². The first-order valence-corrected chi connectivity index (χ1v) is 5.94. The van der Waals surface area contributed by atoms with Crippen molar-refractivity contribution in [1.29, 1.82) is 0 Å². The summed E-state index contributed by atoms with van der Waals surface area (Å²) in [4.78, 5) is 3.96. The molecule has 1 saturated carbocycles. The molecular weight excluding hydrogens is 186 g/mol. The zero-order valence-electron chi connectivity index (χ0n) is 9.10. The zero-order chi connectivity index (χ0) is 10.5. The first-order chi connectivity index (χ1) is 7.36. The maximum absolute atomic E-state index is 10.0. The van der Waals surface area contributed by atoms with Crippen molar-refractivity contribution in [3.05, 3.63) is 30.1 Å². The third-order valence-corrected chi connectivity index (χ3v) is 3.37. The average molecular weight is 205 g/mol. The first-order valence-electron chi connectivity index (χ1n) is 5.94. The summed E-state index contributed by atoms with van der Waals surface area (Å²) in [5.41, 5.74) is 1.01. The highest BCUT2D eigenvalue weighted by molar-refractivity contribution is 5.12. The summed E-state index contributed by atoms with van der Waals surface area (Å²) in [6, 6.07) is 3.82. The van der Waals surface area contributed by atoms with Gasteiger partial charge in [-0.05, 0) is 30.0 Å². The van der Waals surface area contributed by atoms with Crippen molar-refractivity contribution >= 4 is 0 Å². The smallest absolute Gasteiger partial charge is 0.0793 e. The van der Waals surface area contributed by atoms with Crippen molar-refractivity contribution in [1.82, 2.24) is 4.98 Å². The minimum Gasteiger partial charge on any atom is -0.388 e. The first kappa shape index (κ1) is 10.6. The van der Waals surface area contributed by atoms with Crippen molar-refractivity contribution in [3.63, 3.8) is 0 Å². The van der Waals surface area contributed by atoms with E-state index >= 15 is 0 Å². The largest absolute Gasteiger partial charge is 0.388 e. The predicted octanol–water partition coefficient (Wildman–Crippen LogP) is 3.09. The Morgan fingerprint density at radius 1 is 1.20 bits per heavy atom. The molecule has 1 aromatic rings. The number of rotatable bonds is 3. The summed E-state index contributed by atoms with van der Waals surface area (Å²) in [6.07, 6.45) is 10.8. The van der Waals surface area contributed by atoms with Gasteiger partial charge in [-0.3, -0.25) is 4.98 Å². The van der Waals surface area contributed by atoms with Gasteiger partial charge in [0.25, 0.3) is 0 Å². The van der Waals surface area contributed by atoms with Crippen LogP contribution in [0.15, 0.2) is 24.5 Å². The standard InChI is InChI=1S/C13H19NO/c15-13(12-6-8-14-9-7-12)10-11-4-2-1-3-5-11/h6-9,11,13,15H,1-5,10H2. The molecule has 2 heteroatoms. The molecule has 1 aliphatic rings. The SMILES string of the molecule is OC(CC1CCCCC1)c1ccncc1. The molecule has 1 heterocycles. The van der Waals surface area contributed by atoms with Crippen LogP contribution in [-0.4, -0.2) is 10.1 Å². The van der Waals surface area contributed by atoms with Crippen LogP contribution < -0.4 is 0 Å². The van der Waals surface area contributed by atoms with E-state index in [0.29, 0.717) is 0 Å². The van der Waals surface area contributed by atoms with Gasteiger partial charge in [-0.1, -0.05) is 32.1 Å². The predicted molar refractivity (Wildman–Crippen MR) is 60.4 cm³/mol. The molecule has 82 valence electrons. The maximum atomic E-state index is 10.0. The van der Waals surface area contributed by atoms with E-state index in [1.54, 1.807) is 12.4 Å².